The van der Waals surface area contributed by atoms with Crippen molar-refractivity contribution in [2.75, 3.05) is 27.4 Å². The molecule has 14 heteroatoms. The van der Waals surface area contributed by atoms with E-state index in [1.54, 1.807) is 28.1 Å². The van der Waals surface area contributed by atoms with Crippen LogP contribution in [0.25, 0.3) is 11.3 Å². The third kappa shape index (κ3) is 4.81. The lowest BCUT2D eigenvalue weighted by molar-refractivity contribution is -0.349. The highest BCUT2D eigenvalue weighted by atomic mass is 19.2. The Balaban J connectivity index is 1.32. The summed E-state index contributed by atoms with van der Waals surface area (Å²) in [4.78, 5) is 0. The summed E-state index contributed by atoms with van der Waals surface area (Å²) < 4.78 is 75.3. The molecule has 0 spiro atoms. The number of hydrogen-bond acceptors (Lipinski definition) is 9. The third-order valence-electron chi connectivity index (χ3n) is 7.85. The van der Waals surface area contributed by atoms with Gasteiger partial charge < -0.3 is 23.7 Å². The van der Waals surface area contributed by atoms with Crippen LogP contribution in [-0.4, -0.2) is 87.6 Å². The molecule has 40 heavy (non-hydrogen) atoms. The van der Waals surface area contributed by atoms with Crippen LogP contribution in [0, 0.1) is 17.5 Å². The molecule has 1 aliphatic carbocycles. The summed E-state index contributed by atoms with van der Waals surface area (Å²) in [5.41, 5.74) is 0.375. The highest BCUT2D eigenvalue weighted by Gasteiger charge is 2.53. The number of ether oxygens (including phenoxy) is 5. The molecule has 0 unspecified atom stereocenters. The molecule has 0 radical (unpaired) electrons. The maximum absolute atomic E-state index is 14.6. The Hall–Kier alpha value is -2.91. The first-order valence-corrected chi connectivity index (χ1v) is 13.1. The highest BCUT2D eigenvalue weighted by Crippen LogP contribution is 2.44. The van der Waals surface area contributed by atoms with Crippen molar-refractivity contribution in [1.82, 2.24) is 30.0 Å². The van der Waals surface area contributed by atoms with Crippen LogP contribution in [0.15, 0.2) is 24.5 Å². The van der Waals surface area contributed by atoms with Crippen LogP contribution >= 0.6 is 0 Å². The van der Waals surface area contributed by atoms with E-state index < -0.39 is 53.7 Å². The van der Waals surface area contributed by atoms with Crippen LogP contribution in [0.4, 0.5) is 13.2 Å². The first kappa shape index (κ1) is 27.3. The third-order valence-corrected chi connectivity index (χ3v) is 7.85. The van der Waals surface area contributed by atoms with E-state index in [2.05, 4.69) is 20.6 Å². The van der Waals surface area contributed by atoms with Gasteiger partial charge in [-0.25, -0.2) is 22.5 Å². The SMILES string of the molecule is COCC1(n2cc(C[C@H]3O[C@@H]4COC(C)(C)O[C@@H]4[C@H](n4cc(-c5ccc(F)c(F)c5F)nn4)[C@H]3OC)nn2)CC1. The normalized spacial score (nSPS) is 28.8. The average Bonchev–Trinajstić information content (AvgIpc) is 3.30. The Labute approximate surface area is 228 Å². The molecule has 3 aliphatic rings. The lowest BCUT2D eigenvalue weighted by Gasteiger charge is -2.51. The molecular formula is C26H31F3N6O5. The largest absolute Gasteiger partial charge is 0.382 e. The van der Waals surface area contributed by atoms with Crippen LogP contribution in [-0.2, 0) is 35.6 Å². The van der Waals surface area contributed by atoms with Crippen LogP contribution in [0.3, 0.4) is 0 Å². The molecule has 0 N–H and O–H groups in total. The molecule has 0 amide bonds. The van der Waals surface area contributed by atoms with Crippen LogP contribution in [0.1, 0.15) is 38.4 Å². The zero-order valence-corrected chi connectivity index (χ0v) is 22.6. The summed E-state index contributed by atoms with van der Waals surface area (Å²) in [6, 6.07) is 1.39. The van der Waals surface area contributed by atoms with Gasteiger partial charge in [-0.05, 0) is 38.8 Å². The topological polar surface area (TPSA) is 108 Å². The summed E-state index contributed by atoms with van der Waals surface area (Å²) in [6.07, 6.45) is 3.53. The van der Waals surface area contributed by atoms with Crippen LogP contribution in [0.5, 0.6) is 0 Å². The Morgan fingerprint density at radius 1 is 1.05 bits per heavy atom. The van der Waals surface area contributed by atoms with E-state index >= 15 is 0 Å². The summed E-state index contributed by atoms with van der Waals surface area (Å²) >= 11 is 0. The molecule has 3 aromatic rings. The molecular weight excluding hydrogens is 533 g/mol. The van der Waals surface area contributed by atoms with E-state index in [9.17, 15) is 13.2 Å². The molecule has 5 atom stereocenters. The minimum absolute atomic E-state index is 0.0352. The second kappa shape index (κ2) is 10.2. The van der Waals surface area contributed by atoms with Gasteiger partial charge in [-0.1, -0.05) is 10.4 Å². The number of rotatable bonds is 8. The number of fused-ring (bicyclic) bond motifs is 1. The van der Waals surface area contributed by atoms with Gasteiger partial charge in [0.15, 0.2) is 23.2 Å². The van der Waals surface area contributed by atoms with E-state index in [0.717, 1.165) is 25.0 Å². The van der Waals surface area contributed by atoms with Crippen molar-refractivity contribution in [3.05, 3.63) is 47.7 Å². The van der Waals surface area contributed by atoms with E-state index in [0.29, 0.717) is 18.7 Å². The fourth-order valence-electron chi connectivity index (χ4n) is 5.64. The molecule has 2 saturated heterocycles. The first-order valence-electron chi connectivity index (χ1n) is 13.1. The standard InChI is InChI=1S/C26H31F3N6O5/c1-25(2)38-12-19-24(40-25)22(34-11-17(31-32-34)15-5-6-16(27)21(29)20(15)28)23(37-4)18(39-19)9-14-10-35(33-30-14)26(7-8-26)13-36-3/h5-6,10-11,18-19,22-24H,7-9,12-13H2,1-4H3/t18-,19-,22-,23+,24+/m1/s1. The highest BCUT2D eigenvalue weighted by molar-refractivity contribution is 5.58. The van der Waals surface area contributed by atoms with Gasteiger partial charge in [-0.15, -0.1) is 10.2 Å². The lowest BCUT2D eigenvalue weighted by atomic mass is 9.89. The summed E-state index contributed by atoms with van der Waals surface area (Å²) in [6.45, 7) is 4.40. The van der Waals surface area contributed by atoms with Gasteiger partial charge in [0.2, 0.25) is 0 Å². The second-order valence-electron chi connectivity index (χ2n) is 11.0. The van der Waals surface area contributed by atoms with E-state index in [4.69, 9.17) is 23.7 Å². The van der Waals surface area contributed by atoms with Gasteiger partial charge >= 0.3 is 0 Å². The zero-order valence-electron chi connectivity index (χ0n) is 22.6. The van der Waals surface area contributed by atoms with E-state index in [-0.39, 0.29) is 23.4 Å². The monoisotopic (exact) mass is 564 g/mol. The molecule has 0 bridgehead atoms. The van der Waals surface area contributed by atoms with Crippen LogP contribution in [0.2, 0.25) is 0 Å². The number of hydrogen-bond donors (Lipinski definition) is 0. The smallest absolute Gasteiger partial charge is 0.195 e. The molecule has 2 aromatic heterocycles. The Morgan fingerprint density at radius 2 is 1.85 bits per heavy atom. The van der Waals surface area contributed by atoms with Crippen molar-refractivity contribution in [3.8, 4) is 11.3 Å². The van der Waals surface area contributed by atoms with Crippen molar-refractivity contribution < 1.29 is 36.9 Å². The zero-order chi connectivity index (χ0) is 28.2. The number of nitrogens with zero attached hydrogens (tertiary/aromatic N) is 6. The Kier molecular flexibility index (Phi) is 6.94. The number of halogens is 3. The quantitative estimate of drug-likeness (QED) is 0.382. The predicted molar refractivity (Wildman–Crippen MR) is 132 cm³/mol. The molecule has 11 nitrogen and oxygen atoms in total. The van der Waals surface area contributed by atoms with Crippen molar-refractivity contribution in [3.63, 3.8) is 0 Å². The average molecular weight is 565 g/mol. The Bertz CT molecular complexity index is 1380. The molecule has 216 valence electrons. The molecule has 1 saturated carbocycles. The minimum atomic E-state index is -1.57. The fraction of sp³-hybridized carbons (Fsp3) is 0.615. The second-order valence-corrected chi connectivity index (χ2v) is 11.0. The minimum Gasteiger partial charge on any atom is -0.382 e. The number of methoxy groups -OCH3 is 2. The summed E-state index contributed by atoms with van der Waals surface area (Å²) in [7, 11) is 3.22. The lowest BCUT2D eigenvalue weighted by Crippen LogP contribution is -2.62. The van der Waals surface area contributed by atoms with Crippen molar-refractivity contribution in [2.45, 2.75) is 74.9 Å². The number of aromatic nitrogens is 6. The van der Waals surface area contributed by atoms with Gasteiger partial charge in [0.25, 0.3) is 0 Å². The predicted octanol–water partition coefficient (Wildman–Crippen LogP) is 2.81. The first-order chi connectivity index (χ1) is 19.1. The van der Waals surface area contributed by atoms with Crippen molar-refractivity contribution >= 4 is 0 Å². The van der Waals surface area contributed by atoms with Crippen LogP contribution < -0.4 is 0 Å². The van der Waals surface area contributed by atoms with Gasteiger partial charge in [0, 0.05) is 32.4 Å². The van der Waals surface area contributed by atoms with Gasteiger partial charge in [-0.2, -0.15) is 0 Å². The molecule has 2 aliphatic heterocycles. The maximum atomic E-state index is 14.6. The summed E-state index contributed by atoms with van der Waals surface area (Å²) in [5, 5.41) is 17.0. The maximum Gasteiger partial charge on any atom is 0.195 e. The molecule has 3 fully saturated rings. The van der Waals surface area contributed by atoms with Gasteiger partial charge in [-0.3, -0.25) is 0 Å². The molecule has 4 heterocycles. The van der Waals surface area contributed by atoms with Gasteiger partial charge in [0.05, 0.1) is 36.7 Å². The van der Waals surface area contributed by atoms with E-state index in [1.165, 1.54) is 10.9 Å². The fourth-order valence-corrected chi connectivity index (χ4v) is 5.64. The summed E-state index contributed by atoms with van der Waals surface area (Å²) in [5.74, 6) is -5.11. The van der Waals surface area contributed by atoms with Crippen molar-refractivity contribution in [1.29, 1.82) is 0 Å². The Morgan fingerprint density at radius 3 is 2.58 bits per heavy atom. The number of benzene rings is 1. The molecule has 1 aromatic carbocycles. The van der Waals surface area contributed by atoms with Crippen molar-refractivity contribution in [2.24, 2.45) is 0 Å². The van der Waals surface area contributed by atoms with E-state index in [1.807, 2.05) is 10.9 Å². The van der Waals surface area contributed by atoms with Gasteiger partial charge in [0.1, 0.15) is 30.0 Å². The molecule has 6 rings (SSSR count).